The maximum Gasteiger partial charge on any atom is 0.350 e. The number of nitrogens with zero attached hydrogens (tertiary/aromatic N) is 9. The third kappa shape index (κ3) is 7.97. The molecule has 0 spiro atoms. The summed E-state index contributed by atoms with van der Waals surface area (Å²) in [4.78, 5) is 61.3. The third-order valence-electron chi connectivity index (χ3n) is 14.0. The molecule has 0 radical (unpaired) electrons. The molecule has 336 valence electrons. The van der Waals surface area contributed by atoms with E-state index in [0.29, 0.717) is 64.7 Å². The Labute approximate surface area is 363 Å². The van der Waals surface area contributed by atoms with Crippen molar-refractivity contribution in [2.24, 2.45) is 11.8 Å². The van der Waals surface area contributed by atoms with Crippen LogP contribution in [0.3, 0.4) is 0 Å². The molecule has 1 unspecified atom stereocenters. The minimum Gasteiger partial charge on any atom is -0.492 e. The molecule has 0 amide bonds. The van der Waals surface area contributed by atoms with Crippen LogP contribution in [0.5, 0.6) is 5.75 Å². The van der Waals surface area contributed by atoms with E-state index < -0.39 is 34.1 Å². The molecule has 2 aromatic heterocycles. The number of halogens is 2. The fourth-order valence-corrected chi connectivity index (χ4v) is 10.4. The topological polar surface area (TPSA) is 195 Å². The minimum absolute atomic E-state index is 0.0431. The molecular weight excluding hydrogens is 813 g/mol. The van der Waals surface area contributed by atoms with E-state index in [0.717, 1.165) is 90.8 Å². The van der Waals surface area contributed by atoms with Gasteiger partial charge in [-0.3, -0.25) is 28.6 Å². The van der Waals surface area contributed by atoms with Gasteiger partial charge in [-0.15, -0.1) is 0 Å². The first-order valence-corrected chi connectivity index (χ1v) is 22.3. The summed E-state index contributed by atoms with van der Waals surface area (Å²) in [5, 5.41) is 18.1. The summed E-state index contributed by atoms with van der Waals surface area (Å²) in [5.41, 5.74) is 0.204. The van der Waals surface area contributed by atoms with E-state index in [9.17, 15) is 19.2 Å². The van der Waals surface area contributed by atoms with Crippen LogP contribution in [-0.4, -0.2) is 100 Å². The van der Waals surface area contributed by atoms with Gasteiger partial charge < -0.3 is 25.3 Å². The highest BCUT2D eigenvalue weighted by Gasteiger charge is 2.56. The van der Waals surface area contributed by atoms with Crippen molar-refractivity contribution in [1.29, 1.82) is 10.5 Å². The number of fused-ring (bicyclic) bond motifs is 2. The molecule has 2 aliphatic heterocycles. The van der Waals surface area contributed by atoms with Crippen molar-refractivity contribution < 1.29 is 13.5 Å². The number of aromatic amines is 1. The SMILES string of the molecule is CCN(CCC#N)C1(C2CN(c3c(F)cc4c(=O)[nH]c(=O)n(C5CC5)c4c3C)C2)CC1.CCN(CCC#N)CC1CCN(c2c(F)cc3c(=O)n(N)c(=O)n(C4CC4)c3c2OC)C1. The van der Waals surface area contributed by atoms with Crippen molar-refractivity contribution in [3.63, 3.8) is 0 Å². The largest absolute Gasteiger partial charge is 0.492 e. The molecule has 16 nitrogen and oxygen atoms in total. The number of nitriles is 2. The van der Waals surface area contributed by atoms with Crippen LogP contribution in [0.2, 0.25) is 0 Å². The molecule has 3 aliphatic carbocycles. The van der Waals surface area contributed by atoms with Crippen molar-refractivity contribution >= 4 is 33.2 Å². The Morgan fingerprint density at radius 2 is 1.49 bits per heavy atom. The number of anilines is 2. The van der Waals surface area contributed by atoms with Crippen LogP contribution >= 0.6 is 0 Å². The number of nitrogens with two attached hydrogens (primary N) is 1. The number of nitrogens with one attached hydrogen (secondary N) is 1. The molecule has 63 heavy (non-hydrogen) atoms. The van der Waals surface area contributed by atoms with Gasteiger partial charge in [-0.25, -0.2) is 18.4 Å². The minimum atomic E-state index is -0.735. The van der Waals surface area contributed by atoms with Crippen molar-refractivity contribution in [2.45, 2.75) is 96.2 Å². The first-order valence-electron chi connectivity index (χ1n) is 22.3. The van der Waals surface area contributed by atoms with Crippen LogP contribution < -0.4 is 42.9 Å². The van der Waals surface area contributed by atoms with Gasteiger partial charge in [0.2, 0.25) is 0 Å². The summed E-state index contributed by atoms with van der Waals surface area (Å²) in [6, 6.07) is 6.91. The van der Waals surface area contributed by atoms with Crippen molar-refractivity contribution in [1.82, 2.24) is 28.6 Å². The highest BCUT2D eigenvalue weighted by molar-refractivity contribution is 5.91. The molecule has 5 fully saturated rings. The van der Waals surface area contributed by atoms with Gasteiger partial charge in [0.25, 0.3) is 11.1 Å². The van der Waals surface area contributed by atoms with Gasteiger partial charge in [0.1, 0.15) is 17.0 Å². The number of aryl methyl sites for hydroxylation is 1. The van der Waals surface area contributed by atoms with Gasteiger partial charge in [0, 0.05) is 87.8 Å². The molecule has 1 atom stereocenters. The molecule has 0 bridgehead atoms. The molecule has 4 heterocycles. The number of ether oxygens (including phenoxy) is 1. The zero-order valence-corrected chi connectivity index (χ0v) is 36.6. The Bertz CT molecular complexity index is 2750. The van der Waals surface area contributed by atoms with Crippen LogP contribution in [0, 0.1) is 53.1 Å². The zero-order chi connectivity index (χ0) is 44.9. The van der Waals surface area contributed by atoms with Crippen molar-refractivity contribution in [3.8, 4) is 17.9 Å². The quantitative estimate of drug-likeness (QED) is 0.163. The normalized spacial score (nSPS) is 19.3. The summed E-state index contributed by atoms with van der Waals surface area (Å²) in [5.74, 6) is 5.69. The molecular formula is C45H57F2N11O5. The fraction of sp³-hybridized carbons (Fsp3) is 0.600. The Hall–Kier alpha value is -5.72. The second-order valence-electron chi connectivity index (χ2n) is 17.9. The van der Waals surface area contributed by atoms with Crippen molar-refractivity contribution in [2.75, 3.05) is 81.7 Å². The van der Waals surface area contributed by atoms with Crippen LogP contribution in [0.25, 0.3) is 21.8 Å². The number of hydrogen-bond donors (Lipinski definition) is 2. The Kier molecular flexibility index (Phi) is 12.2. The molecule has 18 heteroatoms. The van der Waals surface area contributed by atoms with Gasteiger partial charge in [0.05, 0.1) is 41.2 Å². The number of methoxy groups -OCH3 is 1. The molecule has 2 saturated heterocycles. The van der Waals surface area contributed by atoms with Crippen LogP contribution in [0.1, 0.15) is 89.3 Å². The zero-order valence-electron chi connectivity index (χ0n) is 36.6. The van der Waals surface area contributed by atoms with Crippen LogP contribution in [-0.2, 0) is 0 Å². The lowest BCUT2D eigenvalue weighted by atomic mass is 9.86. The number of aromatic nitrogens is 4. The molecule has 2 aromatic carbocycles. The monoisotopic (exact) mass is 869 g/mol. The third-order valence-corrected chi connectivity index (χ3v) is 14.0. The van der Waals surface area contributed by atoms with E-state index in [1.165, 1.54) is 23.8 Å². The van der Waals surface area contributed by atoms with E-state index in [-0.39, 0.29) is 39.8 Å². The highest BCUT2D eigenvalue weighted by Crippen LogP contribution is 2.52. The lowest BCUT2D eigenvalue weighted by Gasteiger charge is -2.49. The van der Waals surface area contributed by atoms with E-state index in [4.69, 9.17) is 21.1 Å². The number of benzene rings is 2. The molecule has 4 aromatic rings. The summed E-state index contributed by atoms with van der Waals surface area (Å²) in [6.45, 7) is 12.9. The molecule has 9 rings (SSSR count). The molecule has 3 N–H and O–H groups in total. The maximum atomic E-state index is 15.4. The molecule has 3 saturated carbocycles. The predicted octanol–water partition coefficient (Wildman–Crippen LogP) is 4.10. The van der Waals surface area contributed by atoms with Gasteiger partial charge in [0.15, 0.2) is 11.6 Å². The summed E-state index contributed by atoms with van der Waals surface area (Å²) in [7, 11) is 1.43. The molecule has 5 aliphatic rings. The van der Waals surface area contributed by atoms with E-state index in [1.54, 1.807) is 4.57 Å². The lowest BCUT2D eigenvalue weighted by molar-refractivity contribution is 0.109. The first-order chi connectivity index (χ1) is 30.3. The summed E-state index contributed by atoms with van der Waals surface area (Å²) in [6.07, 6.45) is 7.53. The Balaban J connectivity index is 0.000000173. The highest BCUT2D eigenvalue weighted by atomic mass is 19.1. The van der Waals surface area contributed by atoms with Crippen molar-refractivity contribution in [3.05, 3.63) is 71.0 Å². The maximum absolute atomic E-state index is 15.4. The van der Waals surface area contributed by atoms with Gasteiger partial charge in [-0.1, -0.05) is 13.8 Å². The van der Waals surface area contributed by atoms with Gasteiger partial charge in [-0.2, -0.15) is 15.2 Å². The lowest BCUT2D eigenvalue weighted by Crippen LogP contribution is -2.59. The number of H-pyrrole nitrogens is 1. The average Bonchev–Trinajstić information content (AvgIpc) is 4.15. The summed E-state index contributed by atoms with van der Waals surface area (Å²) < 4.78 is 39.8. The van der Waals surface area contributed by atoms with Crippen LogP contribution in [0.4, 0.5) is 20.2 Å². The van der Waals surface area contributed by atoms with Gasteiger partial charge >= 0.3 is 11.4 Å². The summed E-state index contributed by atoms with van der Waals surface area (Å²) >= 11 is 0. The van der Waals surface area contributed by atoms with Gasteiger partial charge in [-0.05, 0) is 83.0 Å². The smallest absolute Gasteiger partial charge is 0.350 e. The van der Waals surface area contributed by atoms with E-state index >= 15 is 8.78 Å². The van der Waals surface area contributed by atoms with Crippen LogP contribution in [0.15, 0.2) is 31.3 Å². The first kappa shape index (κ1) is 43.9. The van der Waals surface area contributed by atoms with E-state index in [2.05, 4.69) is 45.7 Å². The second kappa shape index (κ2) is 17.4. The predicted molar refractivity (Wildman–Crippen MR) is 237 cm³/mol. The standard InChI is InChI=1S/C23H28FN5O2.C22H29FN6O3/c1-3-28(10-4-9-25)23(7-8-23)15-12-27(13-15)20-14(2)19-17(11-18(20)24)21(30)26-22(31)29(19)16-5-6-16;1-3-26(9-4-8-24)12-14-7-10-27(13-14)19-17(23)11-16-18(20(19)32-2)28(15-5-6-15)22(31)29(25)21(16)30/h11,15-16H,3-8,10,12-13H2,1-2H3,(H,26,30,31);11,14-15H,3-7,9-10,12-13,25H2,1-2H3. The second-order valence-corrected chi connectivity index (χ2v) is 17.9. The van der Waals surface area contributed by atoms with E-state index in [1.807, 2.05) is 11.8 Å². The average molecular weight is 870 g/mol. The number of hydrogen-bond acceptors (Lipinski definition) is 12. The number of rotatable bonds is 15. The number of nitrogen functional groups attached to an aromatic ring is 1. The fourth-order valence-electron chi connectivity index (χ4n) is 10.4. The Morgan fingerprint density at radius 1 is 0.857 bits per heavy atom. The Morgan fingerprint density at radius 3 is 2.10 bits per heavy atom.